The van der Waals surface area contributed by atoms with E-state index >= 15 is 0 Å². The van der Waals surface area contributed by atoms with Gasteiger partial charge in [-0.15, -0.1) is 0 Å². The molecule has 0 saturated carbocycles. The van der Waals surface area contributed by atoms with E-state index in [2.05, 4.69) is 32.2 Å². The molecule has 1 atom stereocenters. The minimum atomic E-state index is 0.575. The Bertz CT molecular complexity index is 726. The van der Waals surface area contributed by atoms with Crippen molar-refractivity contribution in [1.29, 1.82) is 0 Å². The van der Waals surface area contributed by atoms with E-state index in [1.54, 1.807) is 11.3 Å². The second-order valence-electron chi connectivity index (χ2n) is 5.53. The van der Waals surface area contributed by atoms with Crippen molar-refractivity contribution in [1.82, 2.24) is 20.0 Å². The summed E-state index contributed by atoms with van der Waals surface area (Å²) in [7, 11) is 0. The first-order valence-corrected chi connectivity index (χ1v) is 8.30. The maximum absolute atomic E-state index is 5.34. The van der Waals surface area contributed by atoms with Crippen molar-refractivity contribution in [3.8, 4) is 11.5 Å². The highest BCUT2D eigenvalue weighted by Gasteiger charge is 2.25. The summed E-state index contributed by atoms with van der Waals surface area (Å²) < 4.78 is 5.34. The molecular formula is C16H16N4OS. The molecule has 0 aromatic carbocycles. The molecule has 1 unspecified atom stereocenters. The Morgan fingerprint density at radius 2 is 2.18 bits per heavy atom. The standard InChI is InChI=1S/C16H16N4OS/c1-5-17-6-2-12(1)13-3-7-20(9-13)10-15-18-16(21-19-15)14-4-8-22-11-14/h1-2,4-6,8,11,13H,3,7,9-10H2. The largest absolute Gasteiger partial charge is 0.334 e. The summed E-state index contributed by atoms with van der Waals surface area (Å²) in [5.41, 5.74) is 2.37. The SMILES string of the molecule is c1cc(C2CCN(Cc3noc(-c4ccsc4)n3)C2)ccn1. The fourth-order valence-corrected chi connectivity index (χ4v) is 3.54. The van der Waals surface area contributed by atoms with E-state index < -0.39 is 0 Å². The van der Waals surface area contributed by atoms with Crippen molar-refractivity contribution in [3.63, 3.8) is 0 Å². The predicted octanol–water partition coefficient (Wildman–Crippen LogP) is 3.18. The van der Waals surface area contributed by atoms with Gasteiger partial charge in [-0.2, -0.15) is 16.3 Å². The fraction of sp³-hybridized carbons (Fsp3) is 0.312. The Morgan fingerprint density at radius 3 is 3.00 bits per heavy atom. The Kier molecular flexibility index (Phi) is 3.70. The molecule has 0 amide bonds. The number of aromatic nitrogens is 3. The van der Waals surface area contributed by atoms with E-state index in [1.165, 1.54) is 12.0 Å². The zero-order valence-corrected chi connectivity index (χ0v) is 12.9. The number of hydrogen-bond donors (Lipinski definition) is 0. The molecule has 0 aliphatic carbocycles. The van der Waals surface area contributed by atoms with Crippen LogP contribution in [-0.2, 0) is 6.54 Å². The van der Waals surface area contributed by atoms with E-state index in [0.717, 1.165) is 31.0 Å². The normalized spacial score (nSPS) is 18.8. The molecule has 1 aliphatic heterocycles. The van der Waals surface area contributed by atoms with Gasteiger partial charge < -0.3 is 4.52 Å². The van der Waals surface area contributed by atoms with E-state index in [9.17, 15) is 0 Å². The lowest BCUT2D eigenvalue weighted by Gasteiger charge is -2.13. The summed E-state index contributed by atoms with van der Waals surface area (Å²) in [6, 6.07) is 6.21. The van der Waals surface area contributed by atoms with Crippen molar-refractivity contribution in [3.05, 3.63) is 52.7 Å². The van der Waals surface area contributed by atoms with Crippen LogP contribution >= 0.6 is 11.3 Å². The quantitative estimate of drug-likeness (QED) is 0.740. The van der Waals surface area contributed by atoms with Gasteiger partial charge in [0.15, 0.2) is 5.82 Å². The molecule has 3 aromatic heterocycles. The summed E-state index contributed by atoms with van der Waals surface area (Å²) in [6.45, 7) is 2.84. The van der Waals surface area contributed by atoms with Crippen LogP contribution < -0.4 is 0 Å². The van der Waals surface area contributed by atoms with Crippen LogP contribution in [-0.4, -0.2) is 33.1 Å². The Morgan fingerprint density at radius 1 is 1.27 bits per heavy atom. The lowest BCUT2D eigenvalue weighted by Crippen LogP contribution is -2.20. The molecule has 6 heteroatoms. The number of hydrogen-bond acceptors (Lipinski definition) is 6. The molecule has 22 heavy (non-hydrogen) atoms. The fourth-order valence-electron chi connectivity index (χ4n) is 2.91. The molecule has 1 aliphatic rings. The highest BCUT2D eigenvalue weighted by Crippen LogP contribution is 2.27. The average Bonchev–Trinajstić information content (AvgIpc) is 3.30. The Labute approximate surface area is 132 Å². The Balaban J connectivity index is 1.41. The summed E-state index contributed by atoms with van der Waals surface area (Å²) in [5.74, 6) is 1.95. The molecule has 1 saturated heterocycles. The topological polar surface area (TPSA) is 55.1 Å². The van der Waals surface area contributed by atoms with Gasteiger partial charge in [-0.25, -0.2) is 0 Å². The van der Waals surface area contributed by atoms with Crippen LogP contribution in [0.5, 0.6) is 0 Å². The molecule has 0 spiro atoms. The maximum atomic E-state index is 5.34. The summed E-state index contributed by atoms with van der Waals surface area (Å²) in [6.07, 6.45) is 4.90. The van der Waals surface area contributed by atoms with Gasteiger partial charge in [0.1, 0.15) is 0 Å². The molecule has 0 radical (unpaired) electrons. The second-order valence-corrected chi connectivity index (χ2v) is 6.31. The number of rotatable bonds is 4. The lowest BCUT2D eigenvalue weighted by molar-refractivity contribution is 0.309. The van der Waals surface area contributed by atoms with Gasteiger partial charge in [0.05, 0.1) is 12.1 Å². The molecular weight excluding hydrogens is 296 g/mol. The molecule has 5 nitrogen and oxygen atoms in total. The van der Waals surface area contributed by atoms with Gasteiger partial charge in [0.25, 0.3) is 5.89 Å². The van der Waals surface area contributed by atoms with Crippen molar-refractivity contribution in [2.24, 2.45) is 0 Å². The van der Waals surface area contributed by atoms with Gasteiger partial charge in [-0.1, -0.05) is 5.16 Å². The van der Waals surface area contributed by atoms with Crippen LogP contribution in [0.25, 0.3) is 11.5 Å². The summed E-state index contributed by atoms with van der Waals surface area (Å²) in [5, 5.41) is 8.13. The van der Waals surface area contributed by atoms with Crippen molar-refractivity contribution >= 4 is 11.3 Å². The third kappa shape index (κ3) is 2.80. The van der Waals surface area contributed by atoms with E-state index in [0.29, 0.717) is 11.8 Å². The summed E-state index contributed by atoms with van der Waals surface area (Å²) >= 11 is 1.63. The average molecular weight is 312 g/mol. The molecule has 0 N–H and O–H groups in total. The minimum absolute atomic E-state index is 0.575. The molecule has 4 heterocycles. The number of likely N-dealkylation sites (tertiary alicyclic amines) is 1. The third-order valence-corrected chi connectivity index (χ3v) is 4.73. The van der Waals surface area contributed by atoms with E-state index in [4.69, 9.17) is 4.52 Å². The zero-order valence-electron chi connectivity index (χ0n) is 12.1. The Hall–Kier alpha value is -2.05. The monoisotopic (exact) mass is 312 g/mol. The van der Waals surface area contributed by atoms with Gasteiger partial charge >= 0.3 is 0 Å². The smallest absolute Gasteiger partial charge is 0.258 e. The van der Waals surface area contributed by atoms with Crippen LogP contribution in [0.4, 0.5) is 0 Å². The first kappa shape index (κ1) is 13.6. The van der Waals surface area contributed by atoms with Gasteiger partial charge in [0, 0.05) is 24.3 Å². The van der Waals surface area contributed by atoms with Gasteiger partial charge in [0.2, 0.25) is 0 Å². The van der Waals surface area contributed by atoms with Crippen LogP contribution in [0, 0.1) is 0 Å². The highest BCUT2D eigenvalue weighted by molar-refractivity contribution is 7.08. The number of nitrogens with zero attached hydrogens (tertiary/aromatic N) is 4. The molecule has 3 aromatic rings. The highest BCUT2D eigenvalue weighted by atomic mass is 32.1. The van der Waals surface area contributed by atoms with Crippen molar-refractivity contribution in [2.75, 3.05) is 13.1 Å². The van der Waals surface area contributed by atoms with Crippen LogP contribution in [0.2, 0.25) is 0 Å². The van der Waals surface area contributed by atoms with E-state index in [-0.39, 0.29) is 0 Å². The minimum Gasteiger partial charge on any atom is -0.334 e. The van der Waals surface area contributed by atoms with Crippen molar-refractivity contribution in [2.45, 2.75) is 18.9 Å². The molecule has 4 rings (SSSR count). The van der Waals surface area contributed by atoms with Crippen LogP contribution in [0.1, 0.15) is 23.7 Å². The van der Waals surface area contributed by atoms with Gasteiger partial charge in [-0.3, -0.25) is 9.88 Å². The van der Waals surface area contributed by atoms with E-state index in [1.807, 2.05) is 29.2 Å². The summed E-state index contributed by atoms with van der Waals surface area (Å²) in [4.78, 5) is 11.0. The van der Waals surface area contributed by atoms with Gasteiger partial charge in [-0.05, 0) is 48.0 Å². The van der Waals surface area contributed by atoms with Crippen LogP contribution in [0.15, 0.2) is 45.9 Å². The first-order valence-electron chi connectivity index (χ1n) is 7.36. The first-order chi connectivity index (χ1) is 10.9. The van der Waals surface area contributed by atoms with Crippen molar-refractivity contribution < 1.29 is 4.52 Å². The number of thiophene rings is 1. The third-order valence-electron chi connectivity index (χ3n) is 4.05. The van der Waals surface area contributed by atoms with Crippen LogP contribution in [0.3, 0.4) is 0 Å². The zero-order chi connectivity index (χ0) is 14.8. The number of pyridine rings is 1. The maximum Gasteiger partial charge on any atom is 0.258 e. The molecule has 1 fully saturated rings. The molecule has 112 valence electrons. The molecule has 0 bridgehead atoms. The lowest BCUT2D eigenvalue weighted by atomic mass is 10.00. The predicted molar refractivity (Wildman–Crippen MR) is 84.5 cm³/mol. The second kappa shape index (κ2) is 5.98.